The first kappa shape index (κ1) is 23.1. The fourth-order valence-corrected chi connectivity index (χ4v) is 4.97. The second-order valence-electron chi connectivity index (χ2n) is 8.66. The number of hydrogen-bond acceptors (Lipinski definition) is 5. The number of thiophene rings is 1. The number of ether oxygens (including phenoxy) is 1. The van der Waals surface area contributed by atoms with Gasteiger partial charge in [0.2, 0.25) is 5.91 Å². The molecule has 4 rings (SSSR count). The third-order valence-corrected chi connectivity index (χ3v) is 6.88. The number of amides is 2. The maximum Gasteiger partial charge on any atom is 0.290 e. The quantitative estimate of drug-likeness (QED) is 0.444. The largest absolute Gasteiger partial charge is 0.491 e. The molecule has 2 amide bonds. The monoisotopic (exact) mass is 466 g/mol. The number of nitrogens with zero attached hydrogens (tertiary/aromatic N) is 2. The van der Waals surface area contributed by atoms with Crippen LogP contribution in [0.15, 0.2) is 64.6 Å². The Balaban J connectivity index is 1.51. The van der Waals surface area contributed by atoms with Crippen molar-refractivity contribution in [2.45, 2.75) is 32.7 Å². The average molecular weight is 467 g/mol. The molecule has 0 saturated heterocycles. The molecule has 0 saturated carbocycles. The van der Waals surface area contributed by atoms with Crippen molar-refractivity contribution in [3.05, 3.63) is 76.4 Å². The summed E-state index contributed by atoms with van der Waals surface area (Å²) in [5.74, 6) is 1.13. The van der Waals surface area contributed by atoms with E-state index in [1.165, 1.54) is 11.1 Å². The Bertz CT molecular complexity index is 1050. The van der Waals surface area contributed by atoms with Gasteiger partial charge in [-0.1, -0.05) is 32.0 Å². The molecule has 1 aliphatic rings. The van der Waals surface area contributed by atoms with Gasteiger partial charge in [-0.3, -0.25) is 9.59 Å². The summed E-state index contributed by atoms with van der Waals surface area (Å²) in [6.45, 7) is 5.73. The highest BCUT2D eigenvalue weighted by Crippen LogP contribution is 2.34. The molecule has 0 unspecified atom stereocenters. The first-order chi connectivity index (χ1) is 16.0. The number of para-hydroxylation sites is 1. The molecule has 0 spiro atoms. The van der Waals surface area contributed by atoms with Gasteiger partial charge in [-0.15, -0.1) is 11.3 Å². The van der Waals surface area contributed by atoms with Crippen LogP contribution in [0.1, 0.15) is 47.3 Å². The van der Waals surface area contributed by atoms with Crippen LogP contribution in [0.3, 0.4) is 0 Å². The second kappa shape index (κ2) is 10.7. The minimum Gasteiger partial charge on any atom is -0.491 e. The highest BCUT2D eigenvalue weighted by molar-refractivity contribution is 7.10. The molecule has 1 atom stereocenters. The van der Waals surface area contributed by atoms with E-state index in [1.54, 1.807) is 28.4 Å². The topological polar surface area (TPSA) is 63.0 Å². The highest BCUT2D eigenvalue weighted by Gasteiger charge is 2.34. The van der Waals surface area contributed by atoms with Gasteiger partial charge >= 0.3 is 0 Å². The Morgan fingerprint density at radius 2 is 2.00 bits per heavy atom. The van der Waals surface area contributed by atoms with E-state index in [0.29, 0.717) is 25.6 Å². The lowest BCUT2D eigenvalue weighted by molar-refractivity contribution is -0.135. The molecule has 33 heavy (non-hydrogen) atoms. The van der Waals surface area contributed by atoms with Crippen molar-refractivity contribution in [1.82, 2.24) is 9.80 Å². The maximum atomic E-state index is 13.5. The minimum atomic E-state index is -0.251. The molecule has 3 aromatic rings. The van der Waals surface area contributed by atoms with Crippen LogP contribution in [0.2, 0.25) is 0 Å². The first-order valence-corrected chi connectivity index (χ1v) is 12.3. The summed E-state index contributed by atoms with van der Waals surface area (Å²) in [4.78, 5) is 31.3. The summed E-state index contributed by atoms with van der Waals surface area (Å²) in [5.41, 5.74) is 1.14. The van der Waals surface area contributed by atoms with E-state index in [-0.39, 0.29) is 30.2 Å². The molecule has 3 heterocycles. The van der Waals surface area contributed by atoms with Crippen LogP contribution >= 0.6 is 11.3 Å². The summed E-state index contributed by atoms with van der Waals surface area (Å²) in [6.07, 6.45) is 3.11. The smallest absolute Gasteiger partial charge is 0.290 e. The van der Waals surface area contributed by atoms with Gasteiger partial charge in [0.1, 0.15) is 18.9 Å². The van der Waals surface area contributed by atoms with Gasteiger partial charge in [0.25, 0.3) is 5.91 Å². The molecule has 1 aromatic carbocycles. The van der Waals surface area contributed by atoms with Crippen LogP contribution in [-0.2, 0) is 11.2 Å². The van der Waals surface area contributed by atoms with Crippen molar-refractivity contribution in [2.24, 2.45) is 5.92 Å². The molecule has 0 fully saturated rings. The zero-order valence-electron chi connectivity index (χ0n) is 19.1. The predicted molar refractivity (Wildman–Crippen MR) is 128 cm³/mol. The van der Waals surface area contributed by atoms with Gasteiger partial charge in [-0.2, -0.15) is 0 Å². The van der Waals surface area contributed by atoms with E-state index in [9.17, 15) is 9.59 Å². The first-order valence-electron chi connectivity index (χ1n) is 11.4. The lowest BCUT2D eigenvalue weighted by Gasteiger charge is -2.37. The lowest BCUT2D eigenvalue weighted by Crippen LogP contribution is -2.48. The molecular weight excluding hydrogens is 436 g/mol. The highest BCUT2D eigenvalue weighted by atomic mass is 32.1. The Labute approximate surface area is 198 Å². The van der Waals surface area contributed by atoms with E-state index < -0.39 is 0 Å². The van der Waals surface area contributed by atoms with Crippen molar-refractivity contribution in [3.63, 3.8) is 0 Å². The third kappa shape index (κ3) is 5.66. The molecular formula is C26H30N2O4S. The molecule has 6 nitrogen and oxygen atoms in total. The van der Waals surface area contributed by atoms with E-state index in [1.807, 2.05) is 35.2 Å². The fourth-order valence-electron chi connectivity index (χ4n) is 4.04. The normalized spacial score (nSPS) is 15.4. The SMILES string of the molecule is CC(C)CCN(CC(=O)N1CCc2sccc2[C@H]1COc1ccccc1)C(=O)c1ccco1. The van der Waals surface area contributed by atoms with Crippen LogP contribution in [-0.4, -0.2) is 47.9 Å². The van der Waals surface area contributed by atoms with Crippen LogP contribution in [0.4, 0.5) is 0 Å². The fraction of sp³-hybridized carbons (Fsp3) is 0.385. The van der Waals surface area contributed by atoms with E-state index in [4.69, 9.17) is 9.15 Å². The maximum absolute atomic E-state index is 13.5. The van der Waals surface area contributed by atoms with Crippen LogP contribution in [0, 0.1) is 5.92 Å². The summed E-state index contributed by atoms with van der Waals surface area (Å²) >= 11 is 1.72. The zero-order chi connectivity index (χ0) is 23.2. The van der Waals surface area contributed by atoms with Gasteiger partial charge in [-0.05, 0) is 60.0 Å². The van der Waals surface area contributed by atoms with Crippen LogP contribution in [0.25, 0.3) is 0 Å². The minimum absolute atomic E-state index is 0.0214. The average Bonchev–Trinajstić information content (AvgIpc) is 3.52. The molecule has 174 valence electrons. The molecule has 0 aliphatic carbocycles. The molecule has 0 bridgehead atoms. The summed E-state index contributed by atoms with van der Waals surface area (Å²) in [7, 11) is 0. The van der Waals surface area contributed by atoms with Gasteiger partial charge in [-0.25, -0.2) is 0 Å². The number of hydrogen-bond donors (Lipinski definition) is 0. The van der Waals surface area contributed by atoms with Crippen molar-refractivity contribution in [3.8, 4) is 5.75 Å². The summed E-state index contributed by atoms with van der Waals surface area (Å²) < 4.78 is 11.4. The molecule has 0 N–H and O–H groups in total. The number of benzene rings is 1. The van der Waals surface area contributed by atoms with Crippen molar-refractivity contribution in [1.29, 1.82) is 0 Å². The third-order valence-electron chi connectivity index (χ3n) is 5.89. The Morgan fingerprint density at radius 3 is 2.73 bits per heavy atom. The van der Waals surface area contributed by atoms with Crippen molar-refractivity contribution < 1.29 is 18.7 Å². The van der Waals surface area contributed by atoms with Crippen molar-refractivity contribution >= 4 is 23.2 Å². The van der Waals surface area contributed by atoms with Gasteiger partial charge in [0, 0.05) is 18.0 Å². The number of rotatable bonds is 9. The Kier molecular flexibility index (Phi) is 7.50. The van der Waals surface area contributed by atoms with Gasteiger partial charge < -0.3 is 19.0 Å². The van der Waals surface area contributed by atoms with Crippen LogP contribution in [0.5, 0.6) is 5.75 Å². The predicted octanol–water partition coefficient (Wildman–Crippen LogP) is 5.03. The van der Waals surface area contributed by atoms with Crippen molar-refractivity contribution in [2.75, 3.05) is 26.2 Å². The van der Waals surface area contributed by atoms with Crippen LogP contribution < -0.4 is 4.74 Å². The summed E-state index contributed by atoms with van der Waals surface area (Å²) in [5, 5.41) is 2.07. The van der Waals surface area contributed by atoms with Gasteiger partial charge in [0.05, 0.1) is 12.3 Å². The Morgan fingerprint density at radius 1 is 1.18 bits per heavy atom. The number of furan rings is 1. The lowest BCUT2D eigenvalue weighted by atomic mass is 10.0. The number of carbonyl (C=O) groups excluding carboxylic acids is 2. The second-order valence-corrected chi connectivity index (χ2v) is 9.66. The van der Waals surface area contributed by atoms with E-state index >= 15 is 0 Å². The molecule has 2 aromatic heterocycles. The van der Waals surface area contributed by atoms with Gasteiger partial charge in [0.15, 0.2) is 5.76 Å². The van der Waals surface area contributed by atoms with E-state index in [2.05, 4.69) is 25.3 Å². The Hall–Kier alpha value is -3.06. The molecule has 0 radical (unpaired) electrons. The zero-order valence-corrected chi connectivity index (χ0v) is 19.9. The standard InChI is InChI=1S/C26H30N2O4S/c1-19(2)10-13-27(26(30)23-9-6-15-31-23)17-25(29)28-14-11-24-21(12-16-33-24)22(28)18-32-20-7-4-3-5-8-20/h3-9,12,15-16,19,22H,10-11,13-14,17-18H2,1-2H3/t22-/m1/s1. The summed E-state index contributed by atoms with van der Waals surface area (Å²) in [6, 6.07) is 14.9. The number of fused-ring (bicyclic) bond motifs is 1. The molecule has 1 aliphatic heterocycles. The van der Waals surface area contributed by atoms with E-state index in [0.717, 1.165) is 24.2 Å². The number of carbonyl (C=O) groups is 2. The molecule has 7 heteroatoms.